The molecule has 5 nitrogen and oxygen atoms in total. The van der Waals surface area contributed by atoms with Crippen LogP contribution in [0.15, 0.2) is 60.7 Å². The van der Waals surface area contributed by atoms with Gasteiger partial charge in [-0.2, -0.15) is 0 Å². The molecule has 2 aromatic rings. The number of likely N-dealkylation sites (N-methyl/N-ethyl adjacent to an activating group) is 1. The lowest BCUT2D eigenvalue weighted by Gasteiger charge is -2.41. The first-order valence-electron chi connectivity index (χ1n) is 7.37. The molecule has 0 saturated heterocycles. The highest BCUT2D eigenvalue weighted by Crippen LogP contribution is 2.35. The van der Waals surface area contributed by atoms with Crippen LogP contribution in [0.4, 0.5) is 0 Å². The SMILES string of the molecule is C[N+](C)(C(C(N)=O)c1ccccc1)C(C(N)=O)c1ccccc1.[Cl-]. The van der Waals surface area contributed by atoms with E-state index in [9.17, 15) is 9.59 Å². The summed E-state index contributed by atoms with van der Waals surface area (Å²) in [6, 6.07) is 17.0. The summed E-state index contributed by atoms with van der Waals surface area (Å²) in [6.07, 6.45) is 0. The quantitative estimate of drug-likeness (QED) is 0.624. The van der Waals surface area contributed by atoms with E-state index in [1.807, 2.05) is 60.7 Å². The van der Waals surface area contributed by atoms with Gasteiger partial charge in [-0.05, 0) is 0 Å². The van der Waals surface area contributed by atoms with Crippen LogP contribution >= 0.6 is 0 Å². The summed E-state index contributed by atoms with van der Waals surface area (Å²) in [4.78, 5) is 24.3. The van der Waals surface area contributed by atoms with Gasteiger partial charge in [-0.3, -0.25) is 9.59 Å². The van der Waals surface area contributed by atoms with Crippen molar-refractivity contribution in [3.63, 3.8) is 0 Å². The number of carbonyl (C=O) groups is 2. The van der Waals surface area contributed by atoms with Gasteiger partial charge in [-0.1, -0.05) is 60.7 Å². The van der Waals surface area contributed by atoms with E-state index < -0.39 is 23.9 Å². The van der Waals surface area contributed by atoms with Gasteiger partial charge in [0.2, 0.25) is 0 Å². The zero-order valence-electron chi connectivity index (χ0n) is 13.7. The number of nitrogens with zero attached hydrogens (tertiary/aromatic N) is 1. The van der Waals surface area contributed by atoms with Crippen LogP contribution in [-0.4, -0.2) is 30.4 Å². The van der Waals surface area contributed by atoms with Gasteiger partial charge < -0.3 is 28.4 Å². The standard InChI is InChI=1S/C18H21N3O2.ClH/c1-21(2,15(17(19)22)13-9-5-3-6-10-13)16(18(20)23)14-11-7-4-8-12-14;/h3-12,15-16H,1-2H3,(H3-,19,20,22,23);1H. The van der Waals surface area contributed by atoms with Crippen molar-refractivity contribution in [2.45, 2.75) is 12.1 Å². The Labute approximate surface area is 148 Å². The fraction of sp³-hybridized carbons (Fsp3) is 0.222. The van der Waals surface area contributed by atoms with Gasteiger partial charge in [0, 0.05) is 11.1 Å². The number of nitrogens with two attached hydrogens (primary N) is 2. The number of quaternary nitrogens is 1. The molecule has 0 radical (unpaired) electrons. The molecule has 0 spiro atoms. The van der Waals surface area contributed by atoms with Gasteiger partial charge in [-0.15, -0.1) is 0 Å². The third-order valence-electron chi connectivity index (χ3n) is 4.10. The Balaban J connectivity index is 0.00000288. The minimum atomic E-state index is -0.686. The van der Waals surface area contributed by atoms with Gasteiger partial charge in [0.15, 0.2) is 12.1 Å². The lowest BCUT2D eigenvalue weighted by atomic mass is 9.96. The highest BCUT2D eigenvalue weighted by molar-refractivity contribution is 5.83. The molecule has 0 fully saturated rings. The maximum atomic E-state index is 12.2. The molecule has 0 aliphatic carbocycles. The molecule has 6 heteroatoms. The lowest BCUT2D eigenvalue weighted by molar-refractivity contribution is -0.932. The molecule has 2 rings (SSSR count). The number of hydrogen-bond acceptors (Lipinski definition) is 2. The van der Waals surface area contributed by atoms with E-state index in [2.05, 4.69) is 0 Å². The normalized spacial score (nSPS) is 13.4. The first-order valence-corrected chi connectivity index (χ1v) is 7.37. The summed E-state index contributed by atoms with van der Waals surface area (Å²) >= 11 is 0. The fourth-order valence-corrected chi connectivity index (χ4v) is 3.17. The summed E-state index contributed by atoms with van der Waals surface area (Å²) in [5.41, 5.74) is 12.8. The Bertz CT molecular complexity index is 630. The molecule has 2 aromatic carbocycles. The molecule has 0 saturated carbocycles. The second kappa shape index (κ2) is 7.95. The zero-order valence-corrected chi connectivity index (χ0v) is 14.5. The van der Waals surface area contributed by atoms with E-state index in [0.717, 1.165) is 11.1 Å². The van der Waals surface area contributed by atoms with Crippen molar-refractivity contribution >= 4 is 11.8 Å². The van der Waals surface area contributed by atoms with Gasteiger partial charge in [0.25, 0.3) is 11.8 Å². The summed E-state index contributed by atoms with van der Waals surface area (Å²) in [7, 11) is 3.59. The van der Waals surface area contributed by atoms with Crippen molar-refractivity contribution in [1.29, 1.82) is 0 Å². The minimum absolute atomic E-state index is 0. The number of benzene rings is 2. The molecule has 4 N–H and O–H groups in total. The highest BCUT2D eigenvalue weighted by atomic mass is 35.5. The largest absolute Gasteiger partial charge is 1.00 e. The van der Waals surface area contributed by atoms with Crippen LogP contribution in [-0.2, 0) is 9.59 Å². The highest BCUT2D eigenvalue weighted by Gasteiger charge is 2.44. The van der Waals surface area contributed by atoms with E-state index >= 15 is 0 Å². The van der Waals surface area contributed by atoms with Crippen LogP contribution < -0.4 is 23.9 Å². The molecule has 24 heavy (non-hydrogen) atoms. The predicted octanol–water partition coefficient (Wildman–Crippen LogP) is -1.48. The topological polar surface area (TPSA) is 86.2 Å². The summed E-state index contributed by atoms with van der Waals surface area (Å²) in [5.74, 6) is -0.994. The number of hydrogen-bond donors (Lipinski definition) is 2. The number of amides is 2. The number of carbonyl (C=O) groups excluding carboxylic acids is 2. The molecule has 128 valence electrons. The van der Waals surface area contributed by atoms with Crippen molar-refractivity contribution in [1.82, 2.24) is 0 Å². The third-order valence-corrected chi connectivity index (χ3v) is 4.10. The van der Waals surface area contributed by atoms with Crippen LogP contribution in [0.1, 0.15) is 23.2 Å². The molecule has 0 bridgehead atoms. The molecule has 0 aliphatic heterocycles. The van der Waals surface area contributed by atoms with Gasteiger partial charge >= 0.3 is 0 Å². The molecule has 0 aliphatic rings. The minimum Gasteiger partial charge on any atom is -1.00 e. The summed E-state index contributed by atoms with van der Waals surface area (Å²) in [5, 5.41) is 0. The van der Waals surface area contributed by atoms with Crippen molar-refractivity contribution in [2.75, 3.05) is 14.1 Å². The number of primary amides is 2. The Morgan fingerprint density at radius 3 is 1.29 bits per heavy atom. The average Bonchev–Trinajstić information content (AvgIpc) is 2.48. The third kappa shape index (κ3) is 3.93. The van der Waals surface area contributed by atoms with E-state index in [4.69, 9.17) is 11.5 Å². The zero-order chi connectivity index (χ0) is 17.0. The van der Waals surface area contributed by atoms with E-state index in [1.54, 1.807) is 14.1 Å². The predicted molar refractivity (Wildman–Crippen MR) is 88.9 cm³/mol. The monoisotopic (exact) mass is 347 g/mol. The summed E-state index contributed by atoms with van der Waals surface area (Å²) in [6.45, 7) is 0. The van der Waals surface area contributed by atoms with Crippen LogP contribution in [0.5, 0.6) is 0 Å². The Morgan fingerprint density at radius 2 is 1.04 bits per heavy atom. The van der Waals surface area contributed by atoms with Gasteiger partial charge in [0.05, 0.1) is 14.1 Å². The number of halogens is 1. The maximum absolute atomic E-state index is 12.2. The average molecular weight is 348 g/mol. The Kier molecular flexibility index (Phi) is 6.51. The van der Waals surface area contributed by atoms with Crippen molar-refractivity contribution in [3.05, 3.63) is 71.8 Å². The smallest absolute Gasteiger partial charge is 0.280 e. The van der Waals surface area contributed by atoms with Crippen molar-refractivity contribution in [3.8, 4) is 0 Å². The second-order valence-corrected chi connectivity index (χ2v) is 6.06. The fourth-order valence-electron chi connectivity index (χ4n) is 3.17. The van der Waals surface area contributed by atoms with Crippen molar-refractivity contribution < 1.29 is 26.5 Å². The molecule has 0 aromatic heterocycles. The number of rotatable bonds is 6. The Morgan fingerprint density at radius 1 is 0.750 bits per heavy atom. The molecule has 2 atom stereocenters. The van der Waals surface area contributed by atoms with Crippen LogP contribution in [0, 0.1) is 0 Å². The lowest BCUT2D eigenvalue weighted by Crippen LogP contribution is -3.00. The second-order valence-electron chi connectivity index (χ2n) is 6.06. The first kappa shape index (κ1) is 19.7. The van der Waals surface area contributed by atoms with Gasteiger partial charge in [0.1, 0.15) is 0 Å². The van der Waals surface area contributed by atoms with E-state index in [1.165, 1.54) is 0 Å². The van der Waals surface area contributed by atoms with Crippen LogP contribution in [0.3, 0.4) is 0 Å². The molecular weight excluding hydrogens is 326 g/mol. The molecule has 2 unspecified atom stereocenters. The van der Waals surface area contributed by atoms with Crippen LogP contribution in [0.25, 0.3) is 0 Å². The molecule has 2 amide bonds. The maximum Gasteiger partial charge on any atom is 0.280 e. The first-order chi connectivity index (χ1) is 10.9. The van der Waals surface area contributed by atoms with E-state index in [-0.39, 0.29) is 16.9 Å². The Hall–Kier alpha value is -2.37. The molecule has 0 heterocycles. The van der Waals surface area contributed by atoms with Gasteiger partial charge in [-0.25, -0.2) is 0 Å². The van der Waals surface area contributed by atoms with E-state index in [0.29, 0.717) is 0 Å². The van der Waals surface area contributed by atoms with Crippen molar-refractivity contribution in [2.24, 2.45) is 11.5 Å². The summed E-state index contributed by atoms with van der Waals surface area (Å²) < 4.78 is 0.0265. The van der Waals surface area contributed by atoms with Crippen LogP contribution in [0.2, 0.25) is 0 Å². The molecular formula is C18H22ClN3O2.